The lowest BCUT2D eigenvalue weighted by atomic mass is 10.0. The number of pyridine rings is 1. The first-order valence-electron chi connectivity index (χ1n) is 5.39. The molecule has 0 atom stereocenters. The number of aryl methyl sites for hydroxylation is 2. The fraction of sp³-hybridized carbons (Fsp3) is 0.308. The van der Waals surface area contributed by atoms with Gasteiger partial charge in [0.15, 0.2) is 0 Å². The minimum absolute atomic E-state index is 0.712. The van der Waals surface area contributed by atoms with Crippen molar-refractivity contribution >= 4 is 28.2 Å². The van der Waals surface area contributed by atoms with E-state index >= 15 is 0 Å². The molecule has 0 aliphatic rings. The highest BCUT2D eigenvalue weighted by atomic mass is 35.5. The van der Waals surface area contributed by atoms with E-state index in [1.165, 1.54) is 0 Å². The van der Waals surface area contributed by atoms with Crippen molar-refractivity contribution in [1.29, 1.82) is 0 Å². The summed E-state index contributed by atoms with van der Waals surface area (Å²) in [7, 11) is 0. The third-order valence-electron chi connectivity index (χ3n) is 2.95. The molecule has 1 heterocycles. The second-order valence-electron chi connectivity index (χ2n) is 4.06. The van der Waals surface area contributed by atoms with Crippen LogP contribution < -0.4 is 5.73 Å². The average Bonchev–Trinajstić information content (AvgIpc) is 2.21. The SMILES string of the molecule is CCc1c(C)nc2c(C)cc(Cl)cc2c1N. The average molecular weight is 235 g/mol. The van der Waals surface area contributed by atoms with Crippen molar-refractivity contribution in [1.82, 2.24) is 4.98 Å². The molecule has 2 nitrogen and oxygen atoms in total. The summed E-state index contributed by atoms with van der Waals surface area (Å²) in [6.07, 6.45) is 0.895. The molecule has 0 aliphatic carbocycles. The molecule has 84 valence electrons. The molecule has 3 heteroatoms. The Kier molecular flexibility index (Phi) is 2.76. The van der Waals surface area contributed by atoms with E-state index in [2.05, 4.69) is 11.9 Å². The van der Waals surface area contributed by atoms with Gasteiger partial charge in [-0.2, -0.15) is 0 Å². The molecule has 16 heavy (non-hydrogen) atoms. The summed E-state index contributed by atoms with van der Waals surface area (Å²) < 4.78 is 0. The zero-order valence-electron chi connectivity index (χ0n) is 9.76. The van der Waals surface area contributed by atoms with Gasteiger partial charge in [0.2, 0.25) is 0 Å². The zero-order valence-corrected chi connectivity index (χ0v) is 10.5. The van der Waals surface area contributed by atoms with Gasteiger partial charge in [0, 0.05) is 21.8 Å². The summed E-state index contributed by atoms with van der Waals surface area (Å²) in [5.41, 5.74) is 11.1. The van der Waals surface area contributed by atoms with Gasteiger partial charge in [-0.05, 0) is 43.5 Å². The highest BCUT2D eigenvalue weighted by Crippen LogP contribution is 2.30. The molecule has 0 bridgehead atoms. The second-order valence-corrected chi connectivity index (χ2v) is 4.50. The Morgan fingerprint density at radius 3 is 2.62 bits per heavy atom. The van der Waals surface area contributed by atoms with E-state index in [0.29, 0.717) is 5.02 Å². The lowest BCUT2D eigenvalue weighted by Crippen LogP contribution is -2.01. The van der Waals surface area contributed by atoms with Crippen LogP contribution in [0.3, 0.4) is 0 Å². The van der Waals surface area contributed by atoms with Crippen LogP contribution in [0.2, 0.25) is 5.02 Å². The van der Waals surface area contributed by atoms with E-state index in [9.17, 15) is 0 Å². The van der Waals surface area contributed by atoms with Crippen LogP contribution >= 0.6 is 11.6 Å². The molecule has 0 amide bonds. The number of nitrogens with zero attached hydrogens (tertiary/aromatic N) is 1. The Morgan fingerprint density at radius 1 is 1.31 bits per heavy atom. The van der Waals surface area contributed by atoms with Gasteiger partial charge < -0.3 is 5.73 Å². The minimum Gasteiger partial charge on any atom is -0.398 e. The first kappa shape index (κ1) is 11.2. The van der Waals surface area contributed by atoms with Crippen molar-refractivity contribution in [2.45, 2.75) is 27.2 Å². The fourth-order valence-electron chi connectivity index (χ4n) is 2.13. The minimum atomic E-state index is 0.712. The molecule has 1 aromatic heterocycles. The van der Waals surface area contributed by atoms with Crippen molar-refractivity contribution in [2.24, 2.45) is 0 Å². The molecule has 0 spiro atoms. The number of fused-ring (bicyclic) bond motifs is 1. The predicted octanol–water partition coefficient (Wildman–Crippen LogP) is 3.65. The van der Waals surface area contributed by atoms with Gasteiger partial charge in [0.05, 0.1) is 5.52 Å². The van der Waals surface area contributed by atoms with E-state index in [-0.39, 0.29) is 0 Å². The molecule has 0 fully saturated rings. The lowest BCUT2D eigenvalue weighted by molar-refractivity contribution is 1.07. The number of aromatic nitrogens is 1. The maximum Gasteiger partial charge on any atom is 0.0756 e. The maximum absolute atomic E-state index is 6.17. The summed E-state index contributed by atoms with van der Waals surface area (Å²) >= 11 is 6.05. The van der Waals surface area contributed by atoms with E-state index in [4.69, 9.17) is 17.3 Å². The first-order chi connectivity index (χ1) is 7.54. The summed E-state index contributed by atoms with van der Waals surface area (Å²) in [5, 5.41) is 1.68. The van der Waals surface area contributed by atoms with Gasteiger partial charge >= 0.3 is 0 Å². The summed E-state index contributed by atoms with van der Waals surface area (Å²) in [6, 6.07) is 3.81. The standard InChI is InChI=1S/C13H15ClN2/c1-4-10-8(3)16-13-7(2)5-9(14)6-11(13)12(10)15/h5-6H,4H2,1-3H3,(H2,15,16). The molecule has 0 aliphatic heterocycles. The van der Waals surface area contributed by atoms with Crippen LogP contribution in [0.5, 0.6) is 0 Å². The Balaban J connectivity index is 2.93. The summed E-state index contributed by atoms with van der Waals surface area (Å²) in [4.78, 5) is 4.61. The monoisotopic (exact) mass is 234 g/mol. The molecule has 0 saturated heterocycles. The van der Waals surface area contributed by atoms with Crippen LogP contribution in [-0.2, 0) is 6.42 Å². The van der Waals surface area contributed by atoms with E-state index in [1.807, 2.05) is 26.0 Å². The van der Waals surface area contributed by atoms with Crippen molar-refractivity contribution in [3.05, 3.63) is 34.0 Å². The first-order valence-corrected chi connectivity index (χ1v) is 5.77. The molecule has 2 N–H and O–H groups in total. The molecular weight excluding hydrogens is 220 g/mol. The number of nitrogens with two attached hydrogens (primary N) is 1. The van der Waals surface area contributed by atoms with Gasteiger partial charge in [0.1, 0.15) is 0 Å². The molecule has 2 rings (SSSR count). The van der Waals surface area contributed by atoms with Gasteiger partial charge in [0.25, 0.3) is 0 Å². The molecule has 1 aromatic carbocycles. The van der Waals surface area contributed by atoms with Crippen LogP contribution in [-0.4, -0.2) is 4.98 Å². The normalized spacial score (nSPS) is 11.0. The molecular formula is C13H15ClN2. The Labute approximate surface area is 100 Å². The third kappa shape index (κ3) is 1.63. The smallest absolute Gasteiger partial charge is 0.0756 e. The number of hydrogen-bond acceptors (Lipinski definition) is 2. The highest BCUT2D eigenvalue weighted by Gasteiger charge is 2.10. The van der Waals surface area contributed by atoms with Crippen molar-refractivity contribution in [3.63, 3.8) is 0 Å². The van der Waals surface area contributed by atoms with E-state index < -0.39 is 0 Å². The Bertz CT molecular complexity index is 562. The van der Waals surface area contributed by atoms with Crippen LogP contribution in [0.1, 0.15) is 23.7 Å². The number of halogens is 1. The fourth-order valence-corrected chi connectivity index (χ4v) is 2.40. The number of nitrogen functional groups attached to an aromatic ring is 1. The molecule has 0 saturated carbocycles. The lowest BCUT2D eigenvalue weighted by Gasteiger charge is -2.12. The Hall–Kier alpha value is -1.28. The molecule has 0 radical (unpaired) electrons. The van der Waals surface area contributed by atoms with Crippen molar-refractivity contribution in [2.75, 3.05) is 5.73 Å². The van der Waals surface area contributed by atoms with Crippen molar-refractivity contribution in [3.8, 4) is 0 Å². The third-order valence-corrected chi connectivity index (χ3v) is 3.17. The van der Waals surface area contributed by atoms with Gasteiger partial charge in [-0.25, -0.2) is 0 Å². The quantitative estimate of drug-likeness (QED) is 0.818. The zero-order chi connectivity index (χ0) is 11.9. The molecule has 0 unspecified atom stereocenters. The molecule has 2 aromatic rings. The van der Waals surface area contributed by atoms with Gasteiger partial charge in [-0.1, -0.05) is 18.5 Å². The van der Waals surface area contributed by atoms with Gasteiger partial charge in [-0.3, -0.25) is 4.98 Å². The predicted molar refractivity (Wildman–Crippen MR) is 70.0 cm³/mol. The second kappa shape index (κ2) is 3.95. The topological polar surface area (TPSA) is 38.9 Å². The van der Waals surface area contributed by atoms with E-state index in [1.54, 1.807) is 0 Å². The number of benzene rings is 1. The van der Waals surface area contributed by atoms with Gasteiger partial charge in [-0.15, -0.1) is 0 Å². The van der Waals surface area contributed by atoms with Crippen LogP contribution in [0.25, 0.3) is 10.9 Å². The highest BCUT2D eigenvalue weighted by molar-refractivity contribution is 6.31. The van der Waals surface area contributed by atoms with Crippen molar-refractivity contribution < 1.29 is 0 Å². The Morgan fingerprint density at radius 2 is 2.00 bits per heavy atom. The maximum atomic E-state index is 6.17. The van der Waals surface area contributed by atoms with Crippen LogP contribution in [0, 0.1) is 13.8 Å². The van der Waals surface area contributed by atoms with E-state index in [0.717, 1.165) is 39.8 Å². The summed E-state index contributed by atoms with van der Waals surface area (Å²) in [5.74, 6) is 0. The largest absolute Gasteiger partial charge is 0.398 e. The summed E-state index contributed by atoms with van der Waals surface area (Å²) in [6.45, 7) is 6.10. The number of anilines is 1. The van der Waals surface area contributed by atoms with Crippen LogP contribution in [0.4, 0.5) is 5.69 Å². The van der Waals surface area contributed by atoms with Crippen LogP contribution in [0.15, 0.2) is 12.1 Å². The number of rotatable bonds is 1. The number of hydrogen-bond donors (Lipinski definition) is 1.